The highest BCUT2D eigenvalue weighted by Crippen LogP contribution is 2.40. The zero-order chi connectivity index (χ0) is 14.7. The van der Waals surface area contributed by atoms with Gasteiger partial charge >= 0.3 is 11.1 Å². The van der Waals surface area contributed by atoms with Crippen molar-refractivity contribution >= 4 is 10.0 Å². The van der Waals surface area contributed by atoms with Gasteiger partial charge in [-0.25, -0.2) is 17.4 Å². The maximum absolute atomic E-state index is 12.0. The summed E-state index contributed by atoms with van der Waals surface area (Å²) in [6, 6.07) is 0. The quantitative estimate of drug-likeness (QED) is 0.573. The monoisotopic (exact) mass is 300 g/mol. The van der Waals surface area contributed by atoms with E-state index in [0.717, 1.165) is 4.68 Å². The molecule has 1 spiro atoms. The lowest BCUT2D eigenvalue weighted by molar-refractivity contribution is 0.403. The van der Waals surface area contributed by atoms with Crippen LogP contribution in [-0.2, 0) is 29.0 Å². The fourth-order valence-corrected chi connectivity index (χ4v) is 4.04. The summed E-state index contributed by atoms with van der Waals surface area (Å²) in [4.78, 5) is 23.6. The summed E-state index contributed by atoms with van der Waals surface area (Å²) in [5.74, 6) is 0.538. The van der Waals surface area contributed by atoms with Gasteiger partial charge in [-0.2, -0.15) is 5.10 Å². The summed E-state index contributed by atoms with van der Waals surface area (Å²) in [6.45, 7) is 1.18. The van der Waals surface area contributed by atoms with Crippen LogP contribution in [0.1, 0.15) is 18.7 Å². The Balaban J connectivity index is 2.11. The Bertz CT molecular complexity index is 794. The van der Waals surface area contributed by atoms with Gasteiger partial charge in [0.1, 0.15) is 5.82 Å². The van der Waals surface area contributed by atoms with Gasteiger partial charge in [0, 0.05) is 32.1 Å². The summed E-state index contributed by atoms with van der Waals surface area (Å²) in [6.07, 6.45) is 2.46. The molecule has 1 saturated heterocycles. The van der Waals surface area contributed by atoms with E-state index in [1.54, 1.807) is 0 Å². The van der Waals surface area contributed by atoms with Crippen LogP contribution in [0, 0.1) is 0 Å². The van der Waals surface area contributed by atoms with Crippen molar-refractivity contribution in [1.82, 2.24) is 18.7 Å². The fourth-order valence-electron chi connectivity index (χ4n) is 3.13. The molecule has 2 aliphatic rings. The first kappa shape index (κ1) is 13.5. The Morgan fingerprint density at radius 2 is 1.80 bits per heavy atom. The van der Waals surface area contributed by atoms with Crippen LogP contribution in [0.15, 0.2) is 9.59 Å². The second-order valence-electron chi connectivity index (χ2n) is 5.59. The van der Waals surface area contributed by atoms with Gasteiger partial charge in [-0.1, -0.05) is 0 Å². The first-order valence-electron chi connectivity index (χ1n) is 6.38. The first-order valence-corrected chi connectivity index (χ1v) is 8.23. The molecule has 3 heterocycles. The maximum atomic E-state index is 12.0. The zero-order valence-electron chi connectivity index (χ0n) is 11.4. The van der Waals surface area contributed by atoms with Crippen LogP contribution in [-0.4, -0.2) is 46.4 Å². The molecule has 0 bridgehead atoms. The summed E-state index contributed by atoms with van der Waals surface area (Å²) in [5.41, 5.74) is -1.66. The predicted octanol–water partition coefficient (Wildman–Crippen LogP) is -1.75. The molecule has 0 aromatic carbocycles. The molecule has 8 nitrogen and oxygen atoms in total. The second-order valence-corrected chi connectivity index (χ2v) is 7.57. The van der Waals surface area contributed by atoms with Crippen LogP contribution in [0.25, 0.3) is 0 Å². The number of hydrogen-bond acceptors (Lipinski definition) is 5. The van der Waals surface area contributed by atoms with Gasteiger partial charge in [-0.3, -0.25) is 14.2 Å². The third-order valence-electron chi connectivity index (χ3n) is 4.30. The number of fused-ring (bicyclic) bond motifs is 2. The smallest absolute Gasteiger partial charge is 0.290 e. The molecule has 0 radical (unpaired) electrons. The van der Waals surface area contributed by atoms with Crippen LogP contribution in [0.5, 0.6) is 0 Å². The van der Waals surface area contributed by atoms with E-state index in [0.29, 0.717) is 38.3 Å². The number of sulfonamides is 1. The van der Waals surface area contributed by atoms with E-state index in [2.05, 4.69) is 5.10 Å². The lowest BCUT2D eigenvalue weighted by atomic mass is 9.85. The molecule has 1 atom stereocenters. The van der Waals surface area contributed by atoms with E-state index in [1.807, 2.05) is 0 Å². The third-order valence-corrected chi connectivity index (χ3v) is 5.55. The molecule has 0 saturated carbocycles. The molecule has 110 valence electrons. The zero-order valence-corrected chi connectivity index (χ0v) is 12.2. The van der Waals surface area contributed by atoms with E-state index in [4.69, 9.17) is 0 Å². The average Bonchev–Trinajstić information content (AvgIpc) is 2.93. The lowest BCUT2D eigenvalue weighted by Gasteiger charge is -2.22. The molecule has 3 rings (SSSR count). The third kappa shape index (κ3) is 1.76. The van der Waals surface area contributed by atoms with Crippen LogP contribution in [0.3, 0.4) is 0 Å². The number of rotatable bonds is 1. The van der Waals surface area contributed by atoms with Crippen molar-refractivity contribution in [2.45, 2.75) is 24.8 Å². The highest BCUT2D eigenvalue weighted by Gasteiger charge is 2.48. The fraction of sp³-hybridized carbons (Fsp3) is 0.727. The minimum Gasteiger partial charge on any atom is -0.290 e. The van der Waals surface area contributed by atoms with Crippen LogP contribution in [0.4, 0.5) is 0 Å². The molecule has 2 aliphatic heterocycles. The Kier molecular flexibility index (Phi) is 2.71. The second kappa shape index (κ2) is 4.01. The van der Waals surface area contributed by atoms with E-state index in [1.165, 1.54) is 22.2 Å². The van der Waals surface area contributed by atoms with Crippen LogP contribution >= 0.6 is 0 Å². The normalized spacial score (nSPS) is 26.3. The largest absolute Gasteiger partial charge is 0.332 e. The number of nitrogens with zero attached hydrogens (tertiary/aromatic N) is 4. The SMILES string of the molecule is Cn1nc2n(c(=O)c1=O)CC[C@]21CCN(S(C)(=O)=O)C1. The van der Waals surface area contributed by atoms with Gasteiger partial charge in [0.05, 0.1) is 6.26 Å². The Labute approximate surface area is 115 Å². The minimum atomic E-state index is -3.25. The topological polar surface area (TPSA) is 94.3 Å². The molecule has 1 aromatic heterocycles. The standard InChI is InChI=1S/C11H16N4O4S/c1-13-8(16)9(17)15-6-4-11(10(15)12-13)3-5-14(7-11)20(2,18)19/h3-7H2,1-2H3/t11-/m0/s1. The van der Waals surface area contributed by atoms with Crippen LogP contribution in [0.2, 0.25) is 0 Å². The molecular formula is C11H16N4O4S. The molecule has 1 fully saturated rings. The van der Waals surface area contributed by atoms with Crippen LogP contribution < -0.4 is 11.1 Å². The average molecular weight is 300 g/mol. The van der Waals surface area contributed by atoms with Crippen molar-refractivity contribution in [1.29, 1.82) is 0 Å². The van der Waals surface area contributed by atoms with Crippen molar-refractivity contribution in [3.8, 4) is 0 Å². The van der Waals surface area contributed by atoms with Gasteiger partial charge in [-0.15, -0.1) is 0 Å². The summed E-state index contributed by atoms with van der Waals surface area (Å²) < 4.78 is 27.2. The number of aryl methyl sites for hydroxylation is 1. The maximum Gasteiger partial charge on any atom is 0.332 e. The summed E-state index contributed by atoms with van der Waals surface area (Å²) in [7, 11) is -1.80. The lowest BCUT2D eigenvalue weighted by Crippen LogP contribution is -2.44. The van der Waals surface area contributed by atoms with Gasteiger partial charge in [0.2, 0.25) is 10.0 Å². The number of hydrogen-bond donors (Lipinski definition) is 0. The van der Waals surface area contributed by atoms with Crippen molar-refractivity contribution in [2.24, 2.45) is 7.05 Å². The number of aromatic nitrogens is 3. The van der Waals surface area contributed by atoms with Crippen molar-refractivity contribution < 1.29 is 8.42 Å². The Morgan fingerprint density at radius 3 is 2.40 bits per heavy atom. The first-order chi connectivity index (χ1) is 9.24. The van der Waals surface area contributed by atoms with Gasteiger partial charge in [0.15, 0.2) is 0 Å². The predicted molar refractivity (Wildman–Crippen MR) is 71.1 cm³/mol. The summed E-state index contributed by atoms with van der Waals surface area (Å²) >= 11 is 0. The molecule has 0 N–H and O–H groups in total. The van der Waals surface area contributed by atoms with E-state index in [9.17, 15) is 18.0 Å². The van der Waals surface area contributed by atoms with E-state index < -0.39 is 26.6 Å². The molecule has 0 amide bonds. The Hall–Kier alpha value is -1.48. The molecule has 0 unspecified atom stereocenters. The highest BCUT2D eigenvalue weighted by molar-refractivity contribution is 7.88. The molecule has 1 aromatic rings. The molecule has 0 aliphatic carbocycles. The molecular weight excluding hydrogens is 284 g/mol. The molecule has 20 heavy (non-hydrogen) atoms. The van der Waals surface area contributed by atoms with Gasteiger partial charge < -0.3 is 0 Å². The summed E-state index contributed by atoms with van der Waals surface area (Å²) in [5, 5.41) is 4.21. The van der Waals surface area contributed by atoms with E-state index >= 15 is 0 Å². The minimum absolute atomic E-state index is 0.330. The van der Waals surface area contributed by atoms with E-state index in [-0.39, 0.29) is 0 Å². The van der Waals surface area contributed by atoms with Crippen molar-refractivity contribution in [3.05, 3.63) is 26.5 Å². The highest BCUT2D eigenvalue weighted by atomic mass is 32.2. The van der Waals surface area contributed by atoms with Crippen molar-refractivity contribution in [2.75, 3.05) is 19.3 Å². The van der Waals surface area contributed by atoms with Crippen molar-refractivity contribution in [3.63, 3.8) is 0 Å². The Morgan fingerprint density at radius 1 is 1.15 bits per heavy atom. The molecule has 9 heteroatoms. The van der Waals surface area contributed by atoms with Gasteiger partial charge in [-0.05, 0) is 12.8 Å². The van der Waals surface area contributed by atoms with Gasteiger partial charge in [0.25, 0.3) is 0 Å².